The van der Waals surface area contributed by atoms with Gasteiger partial charge in [-0.05, 0) is 55.9 Å². The van der Waals surface area contributed by atoms with Crippen LogP contribution >= 0.6 is 0 Å². The molecule has 9 nitrogen and oxygen atoms in total. The van der Waals surface area contributed by atoms with Gasteiger partial charge in [0.05, 0.1) is 12.6 Å². The number of hydrogen-bond donors (Lipinski definition) is 2. The highest BCUT2D eigenvalue weighted by molar-refractivity contribution is 6.05. The molecule has 1 aliphatic carbocycles. The molecule has 3 heterocycles. The molecule has 0 radical (unpaired) electrons. The molecule has 3 N–H and O–H groups in total. The van der Waals surface area contributed by atoms with Crippen molar-refractivity contribution in [3.8, 4) is 5.75 Å². The number of ether oxygens (including phenoxy) is 1. The maximum absolute atomic E-state index is 13.7. The monoisotopic (exact) mass is 464 g/mol. The number of nitrogens with zero attached hydrogens (tertiary/aromatic N) is 5. The second kappa shape index (κ2) is 9.32. The zero-order chi connectivity index (χ0) is 23.8. The Bertz CT molecular complexity index is 1180. The average Bonchev–Trinajstić information content (AvgIpc) is 3.62. The first-order valence-corrected chi connectivity index (χ1v) is 11.9. The first-order valence-electron chi connectivity index (χ1n) is 11.9. The summed E-state index contributed by atoms with van der Waals surface area (Å²) in [6, 6.07) is 9.28. The Morgan fingerprint density at radius 2 is 2.15 bits per heavy atom. The number of benzene rings is 1. The van der Waals surface area contributed by atoms with Gasteiger partial charge in [0, 0.05) is 44.5 Å². The Balaban J connectivity index is 1.52. The minimum absolute atomic E-state index is 0.0529. The fourth-order valence-electron chi connectivity index (χ4n) is 4.77. The number of carbonyl (C=O) groups is 1. The van der Waals surface area contributed by atoms with Crippen molar-refractivity contribution in [1.82, 2.24) is 19.4 Å². The number of imidazole rings is 1. The number of piperidine rings is 1. The van der Waals surface area contributed by atoms with Crippen molar-refractivity contribution in [2.75, 3.05) is 31.6 Å². The fraction of sp³-hybridized carbons (Fsp3) is 0.480. The topological polar surface area (TPSA) is 110 Å². The fourth-order valence-corrected chi connectivity index (χ4v) is 4.77. The molecule has 2 fully saturated rings. The third-order valence-corrected chi connectivity index (χ3v) is 6.81. The maximum Gasteiger partial charge on any atom is 0.295 e. The Hall–Kier alpha value is -3.01. The first kappa shape index (κ1) is 22.8. The Morgan fingerprint density at radius 3 is 2.82 bits per heavy atom. The van der Waals surface area contributed by atoms with Crippen molar-refractivity contribution in [3.63, 3.8) is 0 Å². The molecule has 0 spiro atoms. The summed E-state index contributed by atoms with van der Waals surface area (Å²) < 4.78 is 7.44. The highest BCUT2D eigenvalue weighted by Gasteiger charge is 2.32. The van der Waals surface area contributed by atoms with Crippen molar-refractivity contribution in [2.45, 2.75) is 38.0 Å². The summed E-state index contributed by atoms with van der Waals surface area (Å²) >= 11 is 0. The number of amides is 1. The number of aliphatic hydroxyl groups excluding tert-OH is 1. The van der Waals surface area contributed by atoms with E-state index in [1.165, 1.54) is 0 Å². The standard InChI is InChI=1S/C25H32N6O3/c1-29-22-19(12-17(13-20(22)34-2)24(32)30-11-5-6-18(26)15-30)28-23(29)25(33)31(14-16-8-9-16)21-7-3-4-10-27-21/h3-4,7,10,12-13,16,18,24,32H,5-6,8-9,11,14-15,26H2,1-2H3/t18-,24?/m1/s1. The summed E-state index contributed by atoms with van der Waals surface area (Å²) in [5.41, 5.74) is 8.11. The van der Waals surface area contributed by atoms with Gasteiger partial charge in [0.15, 0.2) is 0 Å². The van der Waals surface area contributed by atoms with Gasteiger partial charge in [-0.1, -0.05) is 6.07 Å². The van der Waals surface area contributed by atoms with Crippen molar-refractivity contribution < 1.29 is 14.6 Å². The van der Waals surface area contributed by atoms with Gasteiger partial charge in [0.1, 0.15) is 23.3 Å². The normalized spacial score (nSPS) is 19.8. The molecular formula is C25H32N6O3. The number of pyridine rings is 1. The number of rotatable bonds is 7. The van der Waals surface area contributed by atoms with Crippen molar-refractivity contribution in [2.24, 2.45) is 18.7 Å². The molecular weight excluding hydrogens is 432 g/mol. The molecule has 34 heavy (non-hydrogen) atoms. The molecule has 2 aliphatic rings. The Labute approximate surface area is 199 Å². The highest BCUT2D eigenvalue weighted by Crippen LogP contribution is 2.34. The van der Waals surface area contributed by atoms with Crippen molar-refractivity contribution in [1.29, 1.82) is 0 Å². The lowest BCUT2D eigenvalue weighted by Crippen LogP contribution is -2.44. The third kappa shape index (κ3) is 4.38. The first-order chi connectivity index (χ1) is 16.5. The number of anilines is 1. The van der Waals surface area contributed by atoms with E-state index in [1.54, 1.807) is 22.8 Å². The number of fused-ring (bicyclic) bond motifs is 1. The van der Waals surface area contributed by atoms with Crippen LogP contribution in [0.3, 0.4) is 0 Å². The van der Waals surface area contributed by atoms with Gasteiger partial charge >= 0.3 is 0 Å². The summed E-state index contributed by atoms with van der Waals surface area (Å²) in [6.45, 7) is 2.03. The molecule has 1 saturated heterocycles. The van der Waals surface area contributed by atoms with Gasteiger partial charge in [0.2, 0.25) is 5.82 Å². The van der Waals surface area contributed by atoms with Crippen LogP contribution in [0.15, 0.2) is 36.5 Å². The van der Waals surface area contributed by atoms with Crippen LogP contribution in [0.25, 0.3) is 11.0 Å². The predicted octanol–water partition coefficient (Wildman–Crippen LogP) is 2.45. The zero-order valence-corrected chi connectivity index (χ0v) is 19.7. The SMILES string of the molecule is COc1cc(C(O)N2CCC[C@@H](N)C2)cc2nc(C(=O)N(CC3CC3)c3ccccn3)n(C)c12. The van der Waals surface area contributed by atoms with E-state index in [0.717, 1.165) is 32.2 Å². The molecule has 3 aromatic rings. The summed E-state index contributed by atoms with van der Waals surface area (Å²) in [5, 5.41) is 11.1. The van der Waals surface area contributed by atoms with Crippen LogP contribution in [0.4, 0.5) is 5.82 Å². The number of hydrogen-bond acceptors (Lipinski definition) is 7. The number of likely N-dealkylation sites (tertiary alicyclic amines) is 1. The largest absolute Gasteiger partial charge is 0.494 e. The number of methoxy groups -OCH3 is 1. The van der Waals surface area contributed by atoms with Crippen LogP contribution in [0, 0.1) is 5.92 Å². The van der Waals surface area contributed by atoms with Crippen LogP contribution < -0.4 is 15.4 Å². The molecule has 0 bridgehead atoms. The molecule has 1 unspecified atom stereocenters. The summed E-state index contributed by atoms with van der Waals surface area (Å²) in [6.07, 6.45) is 5.03. The summed E-state index contributed by atoms with van der Waals surface area (Å²) in [7, 11) is 3.40. The lowest BCUT2D eigenvalue weighted by atomic mass is 10.0. The molecule has 1 aromatic carbocycles. The van der Waals surface area contributed by atoms with E-state index in [2.05, 4.69) is 4.98 Å². The maximum atomic E-state index is 13.7. The van der Waals surface area contributed by atoms with E-state index >= 15 is 0 Å². The van der Waals surface area contributed by atoms with Gasteiger partial charge in [-0.2, -0.15) is 0 Å². The number of nitrogens with two attached hydrogens (primary N) is 1. The van der Waals surface area contributed by atoms with E-state index in [4.69, 9.17) is 15.5 Å². The lowest BCUT2D eigenvalue weighted by molar-refractivity contribution is -0.0143. The van der Waals surface area contributed by atoms with Crippen molar-refractivity contribution in [3.05, 3.63) is 47.9 Å². The zero-order valence-electron chi connectivity index (χ0n) is 19.7. The van der Waals surface area contributed by atoms with Crippen LogP contribution in [0.2, 0.25) is 0 Å². The van der Waals surface area contributed by atoms with E-state index in [-0.39, 0.29) is 11.9 Å². The minimum Gasteiger partial charge on any atom is -0.494 e. The second-order valence-electron chi connectivity index (χ2n) is 9.40. The molecule has 9 heteroatoms. The van der Waals surface area contributed by atoms with Crippen LogP contribution in [-0.4, -0.2) is 63.2 Å². The minimum atomic E-state index is -0.814. The molecule has 5 rings (SSSR count). The van der Waals surface area contributed by atoms with E-state index < -0.39 is 6.23 Å². The lowest BCUT2D eigenvalue weighted by Gasteiger charge is -2.34. The third-order valence-electron chi connectivity index (χ3n) is 6.81. The van der Waals surface area contributed by atoms with Crippen LogP contribution in [-0.2, 0) is 7.05 Å². The quantitative estimate of drug-likeness (QED) is 0.553. The number of aliphatic hydroxyl groups is 1. The van der Waals surface area contributed by atoms with Crippen LogP contribution in [0.1, 0.15) is 48.1 Å². The second-order valence-corrected chi connectivity index (χ2v) is 9.40. The van der Waals surface area contributed by atoms with E-state index in [0.29, 0.717) is 53.0 Å². The smallest absolute Gasteiger partial charge is 0.295 e. The molecule has 180 valence electrons. The van der Waals surface area contributed by atoms with Gasteiger partial charge in [-0.15, -0.1) is 0 Å². The molecule has 2 atom stereocenters. The summed E-state index contributed by atoms with van der Waals surface area (Å²) in [5.74, 6) is 1.79. The van der Waals surface area contributed by atoms with Gasteiger partial charge in [0.25, 0.3) is 5.91 Å². The van der Waals surface area contributed by atoms with E-state index in [1.807, 2.05) is 42.3 Å². The molecule has 2 aromatic heterocycles. The van der Waals surface area contributed by atoms with E-state index in [9.17, 15) is 9.90 Å². The average molecular weight is 465 g/mol. The van der Waals surface area contributed by atoms with Gasteiger partial charge < -0.3 is 20.1 Å². The number of carbonyl (C=O) groups excluding carboxylic acids is 1. The van der Waals surface area contributed by atoms with Gasteiger partial charge in [-0.25, -0.2) is 9.97 Å². The highest BCUT2D eigenvalue weighted by atomic mass is 16.5. The number of aromatic nitrogens is 3. The molecule has 1 aliphatic heterocycles. The predicted molar refractivity (Wildman–Crippen MR) is 130 cm³/mol. The molecule has 1 amide bonds. The number of aryl methyl sites for hydroxylation is 1. The van der Waals surface area contributed by atoms with Crippen LogP contribution in [0.5, 0.6) is 5.75 Å². The molecule has 1 saturated carbocycles. The Morgan fingerprint density at radius 1 is 1.32 bits per heavy atom. The summed E-state index contributed by atoms with van der Waals surface area (Å²) in [4.78, 5) is 26.5. The van der Waals surface area contributed by atoms with Gasteiger partial charge in [-0.3, -0.25) is 14.6 Å². The van der Waals surface area contributed by atoms with Crippen molar-refractivity contribution >= 4 is 22.8 Å². The Kier molecular flexibility index (Phi) is 6.24.